The summed E-state index contributed by atoms with van der Waals surface area (Å²) in [4.78, 5) is 14.0. The fourth-order valence-corrected chi connectivity index (χ4v) is 2.34. The third-order valence-electron chi connectivity index (χ3n) is 4.04. The van der Waals surface area contributed by atoms with Crippen molar-refractivity contribution in [3.63, 3.8) is 0 Å². The largest absolute Gasteiger partial charge is 0.341 e. The molecule has 19 heavy (non-hydrogen) atoms. The molecule has 4 heteroatoms. The molecule has 1 aliphatic rings. The van der Waals surface area contributed by atoms with E-state index in [1.54, 1.807) is 17.0 Å². The number of rotatable bonds is 2. The van der Waals surface area contributed by atoms with Crippen LogP contribution in [-0.2, 0) is 11.2 Å². The van der Waals surface area contributed by atoms with Gasteiger partial charge in [-0.3, -0.25) is 4.79 Å². The Kier molecular flexibility index (Phi) is 3.90. The fraction of sp³-hybridized carbons (Fsp3) is 0.533. The van der Waals surface area contributed by atoms with E-state index in [0.29, 0.717) is 12.1 Å². The first-order valence-electron chi connectivity index (χ1n) is 6.66. The molecule has 1 atom stereocenters. The van der Waals surface area contributed by atoms with Gasteiger partial charge >= 0.3 is 0 Å². The van der Waals surface area contributed by atoms with Gasteiger partial charge in [0.15, 0.2) is 0 Å². The average Bonchev–Trinajstić information content (AvgIpc) is 2.32. The van der Waals surface area contributed by atoms with Crippen molar-refractivity contribution >= 4 is 5.91 Å². The Hall–Kier alpha value is -1.42. The van der Waals surface area contributed by atoms with Crippen LogP contribution in [0.2, 0.25) is 0 Å². The number of halogens is 1. The highest BCUT2D eigenvalue weighted by atomic mass is 19.1. The van der Waals surface area contributed by atoms with Gasteiger partial charge in [0.25, 0.3) is 0 Å². The molecule has 0 spiro atoms. The van der Waals surface area contributed by atoms with Gasteiger partial charge in [0, 0.05) is 19.1 Å². The van der Waals surface area contributed by atoms with Crippen LogP contribution in [0.15, 0.2) is 24.3 Å². The number of carbonyl (C=O) groups is 1. The van der Waals surface area contributed by atoms with Crippen LogP contribution >= 0.6 is 0 Å². The van der Waals surface area contributed by atoms with Crippen molar-refractivity contribution < 1.29 is 9.18 Å². The monoisotopic (exact) mass is 264 g/mol. The number of hydrogen-bond donors (Lipinski definition) is 1. The Morgan fingerprint density at radius 1 is 1.53 bits per heavy atom. The molecule has 1 unspecified atom stereocenters. The van der Waals surface area contributed by atoms with Crippen molar-refractivity contribution in [2.75, 3.05) is 13.1 Å². The van der Waals surface area contributed by atoms with Gasteiger partial charge in [0.1, 0.15) is 5.82 Å². The molecule has 1 saturated heterocycles. The van der Waals surface area contributed by atoms with E-state index >= 15 is 0 Å². The smallest absolute Gasteiger partial charge is 0.227 e. The van der Waals surface area contributed by atoms with Crippen molar-refractivity contribution in [3.05, 3.63) is 35.6 Å². The molecule has 2 rings (SSSR count). The van der Waals surface area contributed by atoms with Gasteiger partial charge in [-0.05, 0) is 29.5 Å². The van der Waals surface area contributed by atoms with Crippen LogP contribution < -0.4 is 5.73 Å². The first-order chi connectivity index (χ1) is 8.88. The first kappa shape index (κ1) is 14.0. The summed E-state index contributed by atoms with van der Waals surface area (Å²) in [5.74, 6) is -0.279. The Morgan fingerprint density at radius 3 is 2.89 bits per heavy atom. The number of hydrogen-bond acceptors (Lipinski definition) is 2. The number of benzene rings is 1. The Balaban J connectivity index is 1.98. The summed E-state index contributed by atoms with van der Waals surface area (Å²) < 4.78 is 13.1. The molecule has 0 saturated carbocycles. The summed E-state index contributed by atoms with van der Waals surface area (Å²) in [7, 11) is 0. The lowest BCUT2D eigenvalue weighted by atomic mass is 9.78. The second kappa shape index (κ2) is 5.29. The minimum Gasteiger partial charge on any atom is -0.341 e. The molecule has 0 bridgehead atoms. The molecule has 1 heterocycles. The van der Waals surface area contributed by atoms with E-state index in [0.717, 1.165) is 13.0 Å². The zero-order valence-corrected chi connectivity index (χ0v) is 11.5. The van der Waals surface area contributed by atoms with E-state index in [-0.39, 0.29) is 29.6 Å². The number of carbonyl (C=O) groups excluding carboxylic acids is 1. The van der Waals surface area contributed by atoms with E-state index in [4.69, 9.17) is 5.73 Å². The summed E-state index contributed by atoms with van der Waals surface area (Å²) >= 11 is 0. The molecule has 0 aromatic heterocycles. The molecule has 1 aromatic carbocycles. The zero-order valence-electron chi connectivity index (χ0n) is 11.5. The van der Waals surface area contributed by atoms with E-state index in [2.05, 4.69) is 13.8 Å². The van der Waals surface area contributed by atoms with Crippen LogP contribution in [0.5, 0.6) is 0 Å². The van der Waals surface area contributed by atoms with Crippen LogP contribution in [0.1, 0.15) is 25.8 Å². The lowest BCUT2D eigenvalue weighted by molar-refractivity contribution is -0.133. The van der Waals surface area contributed by atoms with Crippen LogP contribution in [-0.4, -0.2) is 29.9 Å². The second-order valence-corrected chi connectivity index (χ2v) is 5.99. The van der Waals surface area contributed by atoms with Crippen LogP contribution in [0, 0.1) is 11.2 Å². The molecular formula is C15H21FN2O. The highest BCUT2D eigenvalue weighted by Gasteiger charge is 2.34. The Labute approximate surface area is 113 Å². The number of amides is 1. The van der Waals surface area contributed by atoms with Gasteiger partial charge in [-0.1, -0.05) is 26.0 Å². The topological polar surface area (TPSA) is 46.3 Å². The summed E-state index contributed by atoms with van der Waals surface area (Å²) in [5.41, 5.74) is 6.89. The molecular weight excluding hydrogens is 243 g/mol. The maximum atomic E-state index is 13.1. The maximum absolute atomic E-state index is 13.1. The van der Waals surface area contributed by atoms with Crippen LogP contribution in [0.4, 0.5) is 4.39 Å². The van der Waals surface area contributed by atoms with Crippen molar-refractivity contribution in [1.29, 1.82) is 0 Å². The van der Waals surface area contributed by atoms with Crippen molar-refractivity contribution in [2.45, 2.75) is 32.7 Å². The van der Waals surface area contributed by atoms with E-state index in [9.17, 15) is 9.18 Å². The average molecular weight is 264 g/mol. The van der Waals surface area contributed by atoms with Gasteiger partial charge in [0.2, 0.25) is 5.91 Å². The highest BCUT2D eigenvalue weighted by Crippen LogP contribution is 2.29. The lowest BCUT2D eigenvalue weighted by Crippen LogP contribution is -2.54. The number of piperidine rings is 1. The highest BCUT2D eigenvalue weighted by molar-refractivity contribution is 5.79. The Bertz CT molecular complexity index is 473. The third-order valence-corrected chi connectivity index (χ3v) is 4.04. The van der Waals surface area contributed by atoms with Crippen LogP contribution in [0.3, 0.4) is 0 Å². The third kappa shape index (κ3) is 3.32. The van der Waals surface area contributed by atoms with E-state index in [1.165, 1.54) is 12.1 Å². The molecule has 0 aliphatic carbocycles. The van der Waals surface area contributed by atoms with Crippen molar-refractivity contribution in [2.24, 2.45) is 11.1 Å². The summed E-state index contributed by atoms with van der Waals surface area (Å²) in [6.45, 7) is 5.58. The van der Waals surface area contributed by atoms with E-state index in [1.807, 2.05) is 0 Å². The molecule has 1 aliphatic heterocycles. The van der Waals surface area contributed by atoms with Gasteiger partial charge in [-0.15, -0.1) is 0 Å². The quantitative estimate of drug-likeness (QED) is 0.887. The molecule has 1 amide bonds. The van der Waals surface area contributed by atoms with Gasteiger partial charge in [-0.2, -0.15) is 0 Å². The normalized spacial score (nSPS) is 22.3. The second-order valence-electron chi connectivity index (χ2n) is 5.99. The zero-order chi connectivity index (χ0) is 14.0. The lowest BCUT2D eigenvalue weighted by Gasteiger charge is -2.42. The fourth-order valence-electron chi connectivity index (χ4n) is 2.34. The van der Waals surface area contributed by atoms with Gasteiger partial charge in [-0.25, -0.2) is 4.39 Å². The first-order valence-corrected chi connectivity index (χ1v) is 6.66. The SMILES string of the molecule is CC1(C)CCN(C(=O)Cc2cccc(F)c2)CC1N. The molecule has 2 N–H and O–H groups in total. The predicted molar refractivity (Wildman–Crippen MR) is 73.1 cm³/mol. The molecule has 104 valence electrons. The van der Waals surface area contributed by atoms with Gasteiger partial charge in [0.05, 0.1) is 6.42 Å². The summed E-state index contributed by atoms with van der Waals surface area (Å²) in [6.07, 6.45) is 1.15. The molecule has 0 radical (unpaired) electrons. The number of likely N-dealkylation sites (tertiary alicyclic amines) is 1. The summed E-state index contributed by atoms with van der Waals surface area (Å²) in [5, 5.41) is 0. The predicted octanol–water partition coefficient (Wildman–Crippen LogP) is 1.95. The number of nitrogens with two attached hydrogens (primary N) is 1. The Morgan fingerprint density at radius 2 is 2.26 bits per heavy atom. The minimum absolute atomic E-state index is 0.00212. The van der Waals surface area contributed by atoms with Crippen molar-refractivity contribution in [1.82, 2.24) is 4.90 Å². The molecule has 3 nitrogen and oxygen atoms in total. The minimum atomic E-state index is -0.304. The van der Waals surface area contributed by atoms with Crippen molar-refractivity contribution in [3.8, 4) is 0 Å². The standard InChI is InChI=1S/C15H21FN2O/c1-15(2)6-7-18(10-13(15)17)14(19)9-11-4-3-5-12(16)8-11/h3-5,8,13H,6-7,9-10,17H2,1-2H3. The maximum Gasteiger partial charge on any atom is 0.227 e. The molecule has 1 fully saturated rings. The summed E-state index contributed by atoms with van der Waals surface area (Å²) in [6, 6.07) is 6.19. The van der Waals surface area contributed by atoms with Crippen LogP contribution in [0.25, 0.3) is 0 Å². The van der Waals surface area contributed by atoms with Gasteiger partial charge < -0.3 is 10.6 Å². The molecule has 1 aromatic rings. The number of nitrogens with zero attached hydrogens (tertiary/aromatic N) is 1. The van der Waals surface area contributed by atoms with E-state index < -0.39 is 0 Å².